The second-order valence-corrected chi connectivity index (χ2v) is 4.22. The molecule has 3 nitrogen and oxygen atoms in total. The van der Waals surface area contributed by atoms with Gasteiger partial charge in [-0.1, -0.05) is 30.3 Å². The minimum absolute atomic E-state index is 0.596. The summed E-state index contributed by atoms with van der Waals surface area (Å²) in [6, 6.07) is 15.3. The highest BCUT2D eigenvalue weighted by Gasteiger charge is 2.01. The van der Waals surface area contributed by atoms with E-state index in [0.717, 1.165) is 22.8 Å². The van der Waals surface area contributed by atoms with Crippen molar-refractivity contribution in [2.45, 2.75) is 0 Å². The smallest absolute Gasteiger partial charge is 0.152 e. The predicted octanol–water partition coefficient (Wildman–Crippen LogP) is 3.73. The lowest BCUT2D eigenvalue weighted by atomic mass is 10.2. The number of carbonyl (C=O) groups excluding carboxylic acids is 1. The number of nitrogens with zero attached hydrogens (tertiary/aromatic N) is 1. The summed E-state index contributed by atoms with van der Waals surface area (Å²) in [6.45, 7) is 0. The van der Waals surface area contributed by atoms with Gasteiger partial charge in [0.25, 0.3) is 0 Å². The van der Waals surface area contributed by atoms with Crippen molar-refractivity contribution in [3.05, 3.63) is 65.9 Å². The monoisotopic (exact) mass is 248 g/mol. The minimum atomic E-state index is 0.596. The fourth-order valence-corrected chi connectivity index (χ4v) is 2.04. The third-order valence-corrected chi connectivity index (χ3v) is 3.03. The minimum Gasteiger partial charge on any atom is -0.361 e. The molecule has 0 fully saturated rings. The van der Waals surface area contributed by atoms with E-state index in [-0.39, 0.29) is 0 Å². The second kappa shape index (κ2) is 4.90. The standard InChI is InChI=1S/C16H12N2O/c19-11-12-5-1-3-7-15(12)17-9-13-10-18-16-8-4-2-6-14(13)16/h1-11,18H. The number of aromatic amines is 1. The molecule has 0 aliphatic carbocycles. The number of rotatable bonds is 3. The van der Waals surface area contributed by atoms with Crippen molar-refractivity contribution in [2.24, 2.45) is 4.99 Å². The van der Waals surface area contributed by atoms with Crippen LogP contribution in [0.15, 0.2) is 59.7 Å². The van der Waals surface area contributed by atoms with E-state index in [9.17, 15) is 4.79 Å². The molecule has 3 heteroatoms. The summed E-state index contributed by atoms with van der Waals surface area (Å²) in [5.74, 6) is 0. The highest BCUT2D eigenvalue weighted by atomic mass is 16.1. The molecule has 0 amide bonds. The molecule has 19 heavy (non-hydrogen) atoms. The summed E-state index contributed by atoms with van der Waals surface area (Å²) in [7, 11) is 0. The number of aliphatic imine (C=N–C) groups is 1. The molecule has 0 aliphatic heterocycles. The number of aromatic nitrogens is 1. The van der Waals surface area contributed by atoms with Gasteiger partial charge in [0.05, 0.1) is 5.69 Å². The molecule has 0 aliphatic rings. The van der Waals surface area contributed by atoms with Crippen LogP contribution in [0.4, 0.5) is 5.69 Å². The summed E-state index contributed by atoms with van der Waals surface area (Å²) in [6.07, 6.45) is 4.51. The Morgan fingerprint density at radius 2 is 1.74 bits per heavy atom. The highest BCUT2D eigenvalue weighted by molar-refractivity contribution is 6.00. The molecule has 0 radical (unpaired) electrons. The number of fused-ring (bicyclic) bond motifs is 1. The van der Waals surface area contributed by atoms with Gasteiger partial charge < -0.3 is 4.98 Å². The fraction of sp³-hybridized carbons (Fsp3) is 0. The number of hydrogen-bond acceptors (Lipinski definition) is 2. The van der Waals surface area contributed by atoms with Crippen molar-refractivity contribution in [2.75, 3.05) is 0 Å². The highest BCUT2D eigenvalue weighted by Crippen LogP contribution is 2.19. The lowest BCUT2D eigenvalue weighted by Gasteiger charge is -1.96. The third-order valence-electron chi connectivity index (χ3n) is 3.03. The number of carbonyl (C=O) groups is 1. The summed E-state index contributed by atoms with van der Waals surface area (Å²) >= 11 is 0. The Bertz CT molecular complexity index is 756. The van der Waals surface area contributed by atoms with Gasteiger partial charge in [-0.3, -0.25) is 9.79 Å². The molecular formula is C16H12N2O. The first-order valence-corrected chi connectivity index (χ1v) is 6.03. The van der Waals surface area contributed by atoms with Crippen LogP contribution in [0.2, 0.25) is 0 Å². The molecule has 3 rings (SSSR count). The van der Waals surface area contributed by atoms with Crippen LogP contribution in [-0.2, 0) is 0 Å². The molecule has 0 saturated heterocycles. The lowest BCUT2D eigenvalue weighted by molar-refractivity contribution is 0.112. The van der Waals surface area contributed by atoms with Gasteiger partial charge in [0.2, 0.25) is 0 Å². The van der Waals surface area contributed by atoms with Crippen molar-refractivity contribution < 1.29 is 4.79 Å². The number of aldehydes is 1. The first-order valence-electron chi connectivity index (χ1n) is 6.03. The molecule has 0 saturated carbocycles. The molecular weight excluding hydrogens is 236 g/mol. The maximum absolute atomic E-state index is 10.9. The van der Waals surface area contributed by atoms with Gasteiger partial charge in [0.1, 0.15) is 0 Å². The van der Waals surface area contributed by atoms with Crippen LogP contribution in [0.1, 0.15) is 15.9 Å². The molecule has 0 spiro atoms. The van der Waals surface area contributed by atoms with Gasteiger partial charge in [-0.15, -0.1) is 0 Å². The zero-order valence-corrected chi connectivity index (χ0v) is 10.2. The van der Waals surface area contributed by atoms with E-state index < -0.39 is 0 Å². The molecule has 92 valence electrons. The van der Waals surface area contributed by atoms with E-state index in [1.807, 2.05) is 48.7 Å². The summed E-state index contributed by atoms with van der Waals surface area (Å²) < 4.78 is 0. The summed E-state index contributed by atoms with van der Waals surface area (Å²) in [4.78, 5) is 18.5. The number of hydrogen-bond donors (Lipinski definition) is 1. The van der Waals surface area contributed by atoms with E-state index in [4.69, 9.17) is 0 Å². The van der Waals surface area contributed by atoms with Crippen molar-refractivity contribution in [3.63, 3.8) is 0 Å². The topological polar surface area (TPSA) is 45.2 Å². The van der Waals surface area contributed by atoms with Crippen molar-refractivity contribution in [3.8, 4) is 0 Å². The Morgan fingerprint density at radius 3 is 2.63 bits per heavy atom. The Hall–Kier alpha value is -2.68. The maximum Gasteiger partial charge on any atom is 0.152 e. The number of para-hydroxylation sites is 2. The molecule has 3 aromatic rings. The molecule has 0 unspecified atom stereocenters. The van der Waals surface area contributed by atoms with Crippen molar-refractivity contribution >= 4 is 29.1 Å². The first-order chi connectivity index (χ1) is 9.38. The van der Waals surface area contributed by atoms with Crippen LogP contribution >= 0.6 is 0 Å². The molecule has 2 aromatic carbocycles. The quantitative estimate of drug-likeness (QED) is 0.557. The molecule has 1 aromatic heterocycles. The van der Waals surface area contributed by atoms with Crippen LogP contribution in [0.3, 0.4) is 0 Å². The van der Waals surface area contributed by atoms with Crippen molar-refractivity contribution in [1.82, 2.24) is 4.98 Å². The van der Waals surface area contributed by atoms with E-state index in [2.05, 4.69) is 9.98 Å². The van der Waals surface area contributed by atoms with Gasteiger partial charge in [0.15, 0.2) is 6.29 Å². The maximum atomic E-state index is 10.9. The average molecular weight is 248 g/mol. The van der Waals surface area contributed by atoms with E-state index in [0.29, 0.717) is 11.3 Å². The molecule has 0 atom stereocenters. The number of nitrogens with one attached hydrogen (secondary N) is 1. The number of H-pyrrole nitrogens is 1. The molecule has 1 heterocycles. The molecule has 0 bridgehead atoms. The largest absolute Gasteiger partial charge is 0.361 e. The Kier molecular flexibility index (Phi) is 2.94. The Labute approximate surface area is 110 Å². The van der Waals surface area contributed by atoms with Crippen LogP contribution in [0.25, 0.3) is 10.9 Å². The van der Waals surface area contributed by atoms with E-state index in [1.54, 1.807) is 12.3 Å². The zero-order valence-electron chi connectivity index (χ0n) is 10.2. The summed E-state index contributed by atoms with van der Waals surface area (Å²) in [5, 5.41) is 1.12. The van der Waals surface area contributed by atoms with E-state index >= 15 is 0 Å². The second-order valence-electron chi connectivity index (χ2n) is 4.22. The van der Waals surface area contributed by atoms with Gasteiger partial charge in [-0.05, 0) is 18.2 Å². The normalized spacial score (nSPS) is 11.2. The Morgan fingerprint density at radius 1 is 0.947 bits per heavy atom. The number of benzene rings is 2. The fourth-order valence-electron chi connectivity index (χ4n) is 2.04. The molecule has 1 N–H and O–H groups in total. The SMILES string of the molecule is O=Cc1ccccc1N=Cc1c[nH]c2ccccc12. The van der Waals surface area contributed by atoms with Crippen LogP contribution in [0, 0.1) is 0 Å². The third kappa shape index (κ3) is 2.18. The zero-order chi connectivity index (χ0) is 13.1. The van der Waals surface area contributed by atoms with E-state index in [1.165, 1.54) is 0 Å². The van der Waals surface area contributed by atoms with Gasteiger partial charge >= 0.3 is 0 Å². The first kappa shape index (κ1) is 11.4. The van der Waals surface area contributed by atoms with Gasteiger partial charge in [-0.25, -0.2) is 0 Å². The van der Waals surface area contributed by atoms with Crippen LogP contribution < -0.4 is 0 Å². The predicted molar refractivity (Wildman–Crippen MR) is 77.4 cm³/mol. The van der Waals surface area contributed by atoms with Crippen molar-refractivity contribution in [1.29, 1.82) is 0 Å². The van der Waals surface area contributed by atoms with Crippen LogP contribution in [-0.4, -0.2) is 17.5 Å². The van der Waals surface area contributed by atoms with Crippen LogP contribution in [0.5, 0.6) is 0 Å². The van der Waals surface area contributed by atoms with Gasteiger partial charge in [-0.2, -0.15) is 0 Å². The summed E-state index contributed by atoms with van der Waals surface area (Å²) in [5.41, 5.74) is 3.37. The average Bonchev–Trinajstić information content (AvgIpc) is 2.89. The lowest BCUT2D eigenvalue weighted by Crippen LogP contribution is -1.82. The Balaban J connectivity index is 2.00. The van der Waals surface area contributed by atoms with Gasteiger partial charge in [0, 0.05) is 34.4 Å².